The average Bonchev–Trinajstić information content (AvgIpc) is 3.36. The summed E-state index contributed by atoms with van der Waals surface area (Å²) in [6.07, 6.45) is 41.5. The highest BCUT2D eigenvalue weighted by molar-refractivity contribution is 7.98. The first-order chi connectivity index (χ1) is 33.8. The molecule has 4 N–H and O–H groups in total. The van der Waals surface area contributed by atoms with Crippen molar-refractivity contribution in [3.8, 4) is 0 Å². The largest absolute Gasteiger partial charge is 0.465 e. The molecule has 10 nitrogen and oxygen atoms in total. The maximum atomic E-state index is 13.5. The molecule has 2 atom stereocenters. The molecule has 0 aliphatic rings. The summed E-state index contributed by atoms with van der Waals surface area (Å²) >= 11 is 3.39. The molecule has 2 aromatic rings. The van der Waals surface area contributed by atoms with Gasteiger partial charge < -0.3 is 20.1 Å². The first kappa shape index (κ1) is 62.7. The molecule has 0 aliphatic carbocycles. The molecule has 0 fully saturated rings. The van der Waals surface area contributed by atoms with E-state index in [1.807, 2.05) is 12.5 Å². The van der Waals surface area contributed by atoms with Gasteiger partial charge in [-0.2, -0.15) is 23.5 Å². The Hall–Kier alpha value is -2.45. The lowest BCUT2D eigenvalue weighted by molar-refractivity contribution is -0.147. The van der Waals surface area contributed by atoms with Crippen molar-refractivity contribution in [2.45, 2.75) is 228 Å². The van der Waals surface area contributed by atoms with E-state index in [1.54, 1.807) is 72.1 Å². The van der Waals surface area contributed by atoms with Crippen LogP contribution in [0.25, 0.3) is 0 Å². The molecule has 0 spiro atoms. The van der Waals surface area contributed by atoms with E-state index in [0.29, 0.717) is 39.4 Å². The fourth-order valence-corrected chi connectivity index (χ4v) is 10.6. The van der Waals surface area contributed by atoms with Gasteiger partial charge in [-0.05, 0) is 98.2 Å². The molecule has 0 amide bonds. The van der Waals surface area contributed by atoms with Gasteiger partial charge in [-0.3, -0.25) is 20.2 Å². The number of carbonyl (C=O) groups excluding carboxylic acids is 2. The number of thioether (sulfide) groups is 2. The zero-order valence-electron chi connectivity index (χ0n) is 43.9. The van der Waals surface area contributed by atoms with E-state index in [-0.39, 0.29) is 21.7 Å². The molecule has 0 saturated carbocycles. The van der Waals surface area contributed by atoms with Gasteiger partial charge >= 0.3 is 11.9 Å². The van der Waals surface area contributed by atoms with Gasteiger partial charge in [-0.1, -0.05) is 181 Å². The summed E-state index contributed by atoms with van der Waals surface area (Å²) in [5.41, 5.74) is 1.48. The minimum absolute atomic E-state index is 0.192. The van der Waals surface area contributed by atoms with Crippen LogP contribution in [0.3, 0.4) is 0 Å². The number of esters is 2. The standard InChI is InChI=1S/C56H98N4O6S3/c1-5-7-9-11-13-15-17-19-21-23-25-27-29-31-43-65-55(61)53(41-45-67-3)59-47-57-49-33-37-51(38-34-49)69(63,64)52-39-35-50(36-40-52)58-48-60-54(42-46-68-4)56(62)66-44-32-30-28-26-24-22-20-18-16-14-12-10-8-6-2/h33-40,53-54,57-60H,5-32,41-48H2,1-4H3. The van der Waals surface area contributed by atoms with Crippen molar-refractivity contribution in [3.63, 3.8) is 0 Å². The van der Waals surface area contributed by atoms with Gasteiger partial charge in [-0.15, -0.1) is 0 Å². The average molecular weight is 1020 g/mol. The van der Waals surface area contributed by atoms with Crippen molar-refractivity contribution in [1.82, 2.24) is 10.6 Å². The van der Waals surface area contributed by atoms with Gasteiger partial charge in [0.05, 0.1) is 36.3 Å². The molecule has 0 bridgehead atoms. The van der Waals surface area contributed by atoms with Gasteiger partial charge in [0.15, 0.2) is 0 Å². The van der Waals surface area contributed by atoms with E-state index in [0.717, 1.165) is 48.6 Å². The van der Waals surface area contributed by atoms with E-state index in [1.165, 1.54) is 154 Å². The first-order valence-corrected chi connectivity index (χ1v) is 31.7. The van der Waals surface area contributed by atoms with Crippen molar-refractivity contribution in [1.29, 1.82) is 0 Å². The number of anilines is 2. The van der Waals surface area contributed by atoms with Gasteiger partial charge in [0, 0.05) is 11.4 Å². The zero-order valence-corrected chi connectivity index (χ0v) is 46.4. The Kier molecular flexibility index (Phi) is 39.2. The Labute approximate surface area is 430 Å². The topological polar surface area (TPSA) is 135 Å². The highest BCUT2D eigenvalue weighted by atomic mass is 32.2. The van der Waals surface area contributed by atoms with Crippen LogP contribution in [0.5, 0.6) is 0 Å². The zero-order chi connectivity index (χ0) is 49.9. The van der Waals surface area contributed by atoms with Crippen molar-refractivity contribution in [2.24, 2.45) is 0 Å². The number of sulfone groups is 1. The van der Waals surface area contributed by atoms with Crippen LogP contribution in [0.4, 0.5) is 11.4 Å². The van der Waals surface area contributed by atoms with Crippen molar-refractivity contribution in [2.75, 3.05) is 61.2 Å². The number of ether oxygens (including phenoxy) is 2. The van der Waals surface area contributed by atoms with Crippen LogP contribution in [-0.4, -0.2) is 83.0 Å². The maximum absolute atomic E-state index is 13.5. The second kappa shape index (κ2) is 43.2. The van der Waals surface area contributed by atoms with Crippen LogP contribution in [0, 0.1) is 0 Å². The van der Waals surface area contributed by atoms with Crippen LogP contribution in [0.2, 0.25) is 0 Å². The number of carbonyl (C=O) groups is 2. The van der Waals surface area contributed by atoms with Gasteiger partial charge in [-0.25, -0.2) is 8.42 Å². The lowest BCUT2D eigenvalue weighted by Crippen LogP contribution is -2.41. The Morgan fingerprint density at radius 2 is 0.725 bits per heavy atom. The number of unbranched alkanes of at least 4 members (excludes halogenated alkanes) is 26. The number of nitrogens with one attached hydrogen (secondary N) is 4. The van der Waals surface area contributed by atoms with Crippen molar-refractivity contribution in [3.05, 3.63) is 48.5 Å². The van der Waals surface area contributed by atoms with Crippen LogP contribution >= 0.6 is 23.5 Å². The van der Waals surface area contributed by atoms with Crippen LogP contribution in [0.1, 0.15) is 206 Å². The minimum Gasteiger partial charge on any atom is -0.465 e. The molecule has 69 heavy (non-hydrogen) atoms. The number of hydrogen-bond donors (Lipinski definition) is 4. The number of benzene rings is 2. The molecule has 2 aromatic carbocycles. The molecule has 2 unspecified atom stereocenters. The monoisotopic (exact) mass is 1020 g/mol. The summed E-state index contributed by atoms with van der Waals surface area (Å²) < 4.78 is 38.4. The Bertz CT molecular complexity index is 1520. The van der Waals surface area contributed by atoms with Crippen LogP contribution < -0.4 is 21.3 Å². The fraction of sp³-hybridized carbons (Fsp3) is 0.750. The molecule has 396 valence electrons. The summed E-state index contributed by atoms with van der Waals surface area (Å²) in [6, 6.07) is 12.5. The third kappa shape index (κ3) is 31.6. The van der Waals surface area contributed by atoms with Gasteiger partial charge in [0.2, 0.25) is 9.84 Å². The molecule has 2 rings (SSSR count). The quantitative estimate of drug-likeness (QED) is 0.0286. The predicted molar refractivity (Wildman–Crippen MR) is 298 cm³/mol. The maximum Gasteiger partial charge on any atom is 0.323 e. The second-order valence-corrected chi connectivity index (χ2v) is 22.8. The second-order valence-electron chi connectivity index (χ2n) is 18.9. The highest BCUT2D eigenvalue weighted by Crippen LogP contribution is 2.24. The molecular formula is C56H98N4O6S3. The number of rotatable bonds is 48. The molecule has 0 heterocycles. The van der Waals surface area contributed by atoms with E-state index in [4.69, 9.17) is 9.47 Å². The predicted octanol–water partition coefficient (Wildman–Crippen LogP) is 14.7. The van der Waals surface area contributed by atoms with E-state index < -0.39 is 21.9 Å². The van der Waals surface area contributed by atoms with E-state index >= 15 is 0 Å². The van der Waals surface area contributed by atoms with Crippen molar-refractivity contribution < 1.29 is 27.5 Å². The third-order valence-corrected chi connectivity index (χ3v) is 16.0. The Morgan fingerprint density at radius 3 is 1.00 bits per heavy atom. The van der Waals surface area contributed by atoms with E-state index in [2.05, 4.69) is 35.1 Å². The van der Waals surface area contributed by atoms with Gasteiger partial charge in [0.1, 0.15) is 12.1 Å². The number of hydrogen-bond acceptors (Lipinski definition) is 12. The molecule has 0 saturated heterocycles. The van der Waals surface area contributed by atoms with Gasteiger partial charge in [0.25, 0.3) is 0 Å². The summed E-state index contributed by atoms with van der Waals surface area (Å²) in [6.45, 7) is 6.10. The summed E-state index contributed by atoms with van der Waals surface area (Å²) in [7, 11) is -3.75. The van der Waals surface area contributed by atoms with Crippen molar-refractivity contribution >= 4 is 56.7 Å². The Balaban J connectivity index is 1.67. The summed E-state index contributed by atoms with van der Waals surface area (Å²) in [4.78, 5) is 26.3. The lowest BCUT2D eigenvalue weighted by Gasteiger charge is -2.18. The molecule has 0 aromatic heterocycles. The Morgan fingerprint density at radius 1 is 0.449 bits per heavy atom. The fourth-order valence-electron chi connectivity index (χ4n) is 8.41. The summed E-state index contributed by atoms with van der Waals surface area (Å²) in [5, 5.41) is 13.1. The third-order valence-electron chi connectivity index (χ3n) is 12.9. The SMILES string of the molecule is CCCCCCCCCCCCCCCCOC(=O)C(CCSC)NCNc1ccc(S(=O)(=O)c2ccc(NCNC(CCSC)C(=O)OCCCCCCCCCCCCCCCC)cc2)cc1. The van der Waals surface area contributed by atoms with Crippen LogP contribution in [-0.2, 0) is 28.9 Å². The normalized spacial score (nSPS) is 12.5. The van der Waals surface area contributed by atoms with Crippen LogP contribution in [0.15, 0.2) is 58.3 Å². The highest BCUT2D eigenvalue weighted by Gasteiger charge is 2.21. The summed E-state index contributed by atoms with van der Waals surface area (Å²) in [5.74, 6) is 1.22. The first-order valence-electron chi connectivity index (χ1n) is 27.5. The molecule has 13 heteroatoms. The lowest BCUT2D eigenvalue weighted by atomic mass is 10.0. The molecule has 0 aliphatic heterocycles. The minimum atomic E-state index is -3.75. The smallest absolute Gasteiger partial charge is 0.323 e. The van der Waals surface area contributed by atoms with E-state index in [9.17, 15) is 18.0 Å². The molecular weight excluding hydrogens is 921 g/mol. The molecule has 0 radical (unpaired) electrons.